The molecule has 1 N–H and O–H groups in total. The third-order valence-corrected chi connectivity index (χ3v) is 5.92. The summed E-state index contributed by atoms with van der Waals surface area (Å²) in [6.45, 7) is 12.0. The summed E-state index contributed by atoms with van der Waals surface area (Å²) in [4.78, 5) is 19.2. The zero-order chi connectivity index (χ0) is 22.1. The highest BCUT2D eigenvalue weighted by molar-refractivity contribution is 5.74. The SMILES string of the molecule is CCN(CC)Cc1ccc(CNC(=O)N2CCN(Cc3ccc(C#N)cc3)CC2)cc1. The fraction of sp³-hybridized carbons (Fsp3) is 0.440. The number of carbonyl (C=O) groups excluding carboxylic acids is 1. The van der Waals surface area contributed by atoms with Crippen molar-refractivity contribution >= 4 is 6.03 Å². The second-order valence-corrected chi connectivity index (χ2v) is 8.01. The summed E-state index contributed by atoms with van der Waals surface area (Å²) in [6.07, 6.45) is 0. The minimum absolute atomic E-state index is 0.00485. The van der Waals surface area contributed by atoms with Crippen LogP contribution in [0.25, 0.3) is 0 Å². The van der Waals surface area contributed by atoms with Gasteiger partial charge in [0.1, 0.15) is 0 Å². The van der Waals surface area contributed by atoms with Crippen LogP contribution in [0.5, 0.6) is 0 Å². The van der Waals surface area contributed by atoms with Crippen molar-refractivity contribution in [3.05, 3.63) is 70.8 Å². The van der Waals surface area contributed by atoms with Crippen LogP contribution in [0.15, 0.2) is 48.5 Å². The third kappa shape index (κ3) is 6.81. The Balaban J connectivity index is 1.40. The number of nitrogens with zero attached hydrogens (tertiary/aromatic N) is 4. The number of nitrogens with one attached hydrogen (secondary N) is 1. The lowest BCUT2D eigenvalue weighted by molar-refractivity contribution is 0.135. The van der Waals surface area contributed by atoms with Crippen molar-refractivity contribution in [2.75, 3.05) is 39.3 Å². The van der Waals surface area contributed by atoms with Crippen molar-refractivity contribution in [3.63, 3.8) is 0 Å². The lowest BCUT2D eigenvalue weighted by atomic mass is 10.1. The van der Waals surface area contributed by atoms with E-state index in [9.17, 15) is 4.79 Å². The zero-order valence-electron chi connectivity index (χ0n) is 18.7. The maximum absolute atomic E-state index is 12.6. The highest BCUT2D eigenvalue weighted by Gasteiger charge is 2.20. The lowest BCUT2D eigenvalue weighted by Crippen LogP contribution is -2.51. The molecule has 2 aromatic rings. The van der Waals surface area contributed by atoms with E-state index in [4.69, 9.17) is 5.26 Å². The minimum Gasteiger partial charge on any atom is -0.334 e. The van der Waals surface area contributed by atoms with E-state index < -0.39 is 0 Å². The van der Waals surface area contributed by atoms with Crippen molar-refractivity contribution < 1.29 is 4.79 Å². The van der Waals surface area contributed by atoms with E-state index in [1.54, 1.807) is 0 Å². The molecule has 0 spiro atoms. The Hall–Kier alpha value is -2.88. The number of carbonyl (C=O) groups is 1. The van der Waals surface area contributed by atoms with E-state index in [1.165, 1.54) is 11.1 Å². The van der Waals surface area contributed by atoms with Gasteiger partial charge in [-0.3, -0.25) is 9.80 Å². The molecule has 0 aliphatic carbocycles. The number of hydrogen-bond acceptors (Lipinski definition) is 4. The van der Waals surface area contributed by atoms with Crippen LogP contribution in [0.2, 0.25) is 0 Å². The molecule has 0 atom stereocenters. The van der Waals surface area contributed by atoms with E-state index in [0.717, 1.165) is 57.9 Å². The van der Waals surface area contributed by atoms with Gasteiger partial charge in [-0.25, -0.2) is 4.79 Å². The first-order valence-electron chi connectivity index (χ1n) is 11.2. The molecule has 2 aromatic carbocycles. The number of amides is 2. The van der Waals surface area contributed by atoms with E-state index in [2.05, 4.69) is 59.3 Å². The first-order chi connectivity index (χ1) is 15.1. The molecule has 1 saturated heterocycles. The summed E-state index contributed by atoms with van der Waals surface area (Å²) >= 11 is 0. The van der Waals surface area contributed by atoms with Gasteiger partial charge in [-0.15, -0.1) is 0 Å². The largest absolute Gasteiger partial charge is 0.334 e. The number of hydrogen-bond donors (Lipinski definition) is 1. The van der Waals surface area contributed by atoms with Crippen molar-refractivity contribution in [3.8, 4) is 6.07 Å². The quantitative estimate of drug-likeness (QED) is 0.712. The van der Waals surface area contributed by atoms with Gasteiger partial charge in [-0.1, -0.05) is 50.2 Å². The van der Waals surface area contributed by atoms with Gasteiger partial charge in [0.15, 0.2) is 0 Å². The Labute approximate surface area is 186 Å². The molecule has 0 unspecified atom stereocenters. The Morgan fingerprint density at radius 2 is 1.52 bits per heavy atom. The maximum atomic E-state index is 12.6. The van der Waals surface area contributed by atoms with Crippen LogP contribution < -0.4 is 5.32 Å². The summed E-state index contributed by atoms with van der Waals surface area (Å²) < 4.78 is 0. The van der Waals surface area contributed by atoms with Gasteiger partial charge in [0.25, 0.3) is 0 Å². The van der Waals surface area contributed by atoms with Gasteiger partial charge < -0.3 is 10.2 Å². The third-order valence-electron chi connectivity index (χ3n) is 5.92. The van der Waals surface area contributed by atoms with Crippen LogP contribution in [0.1, 0.15) is 36.1 Å². The fourth-order valence-corrected chi connectivity index (χ4v) is 3.81. The molecule has 0 aromatic heterocycles. The molecule has 31 heavy (non-hydrogen) atoms. The monoisotopic (exact) mass is 419 g/mol. The van der Waals surface area contributed by atoms with E-state index in [0.29, 0.717) is 12.1 Å². The first kappa shape index (κ1) is 22.8. The Bertz CT molecular complexity index is 860. The summed E-state index contributed by atoms with van der Waals surface area (Å²) in [5.41, 5.74) is 4.30. The van der Waals surface area contributed by atoms with Crippen LogP contribution in [0.3, 0.4) is 0 Å². The smallest absolute Gasteiger partial charge is 0.317 e. The molecule has 2 amide bonds. The average Bonchev–Trinajstić information content (AvgIpc) is 2.82. The highest BCUT2D eigenvalue weighted by atomic mass is 16.2. The van der Waals surface area contributed by atoms with Crippen molar-refractivity contribution in [1.82, 2.24) is 20.0 Å². The predicted octanol–water partition coefficient (Wildman–Crippen LogP) is 3.43. The minimum atomic E-state index is 0.00485. The van der Waals surface area contributed by atoms with Gasteiger partial charge in [-0.05, 0) is 41.9 Å². The van der Waals surface area contributed by atoms with Gasteiger partial charge >= 0.3 is 6.03 Å². The Morgan fingerprint density at radius 1 is 0.935 bits per heavy atom. The van der Waals surface area contributed by atoms with Crippen LogP contribution in [-0.2, 0) is 19.6 Å². The highest BCUT2D eigenvalue weighted by Crippen LogP contribution is 2.11. The van der Waals surface area contributed by atoms with Gasteiger partial charge in [0, 0.05) is 45.8 Å². The lowest BCUT2D eigenvalue weighted by Gasteiger charge is -2.34. The fourth-order valence-electron chi connectivity index (χ4n) is 3.81. The van der Waals surface area contributed by atoms with Crippen LogP contribution in [-0.4, -0.2) is 60.0 Å². The molecule has 1 aliphatic rings. The van der Waals surface area contributed by atoms with Crippen molar-refractivity contribution in [2.45, 2.75) is 33.5 Å². The Kier molecular flexibility index (Phi) is 8.45. The van der Waals surface area contributed by atoms with Crippen molar-refractivity contribution in [2.24, 2.45) is 0 Å². The molecule has 0 saturated carbocycles. The summed E-state index contributed by atoms with van der Waals surface area (Å²) in [5.74, 6) is 0. The summed E-state index contributed by atoms with van der Waals surface area (Å²) in [7, 11) is 0. The van der Waals surface area contributed by atoms with Crippen LogP contribution in [0, 0.1) is 11.3 Å². The molecular weight excluding hydrogens is 386 g/mol. The number of benzene rings is 2. The van der Waals surface area contributed by atoms with Crippen LogP contribution in [0.4, 0.5) is 4.79 Å². The molecule has 1 aliphatic heterocycles. The second kappa shape index (κ2) is 11.5. The standard InChI is InChI=1S/C25H33N5O/c1-3-28(4-2)19-23-11-7-22(8-12-23)18-27-25(31)30-15-13-29(14-16-30)20-24-9-5-21(17-26)6-10-24/h5-12H,3-4,13-16,18-20H2,1-2H3,(H,27,31). The maximum Gasteiger partial charge on any atom is 0.317 e. The van der Waals surface area contributed by atoms with Gasteiger partial charge in [0.2, 0.25) is 0 Å². The molecule has 0 bridgehead atoms. The topological polar surface area (TPSA) is 62.6 Å². The molecule has 6 nitrogen and oxygen atoms in total. The summed E-state index contributed by atoms with van der Waals surface area (Å²) in [5, 5.41) is 12.0. The van der Waals surface area contributed by atoms with Crippen molar-refractivity contribution in [1.29, 1.82) is 5.26 Å². The number of rotatable bonds is 8. The second-order valence-electron chi connectivity index (χ2n) is 8.01. The predicted molar refractivity (Wildman–Crippen MR) is 123 cm³/mol. The molecular formula is C25H33N5O. The van der Waals surface area contributed by atoms with Gasteiger partial charge in [0.05, 0.1) is 11.6 Å². The molecule has 0 radical (unpaired) electrons. The summed E-state index contributed by atoms with van der Waals surface area (Å²) in [6, 6.07) is 18.4. The number of nitriles is 1. The average molecular weight is 420 g/mol. The molecule has 6 heteroatoms. The molecule has 1 heterocycles. The molecule has 3 rings (SSSR count). The zero-order valence-corrected chi connectivity index (χ0v) is 18.7. The molecule has 164 valence electrons. The normalized spacial score (nSPS) is 14.5. The molecule has 1 fully saturated rings. The van der Waals surface area contributed by atoms with E-state index in [-0.39, 0.29) is 6.03 Å². The number of urea groups is 1. The van der Waals surface area contributed by atoms with E-state index in [1.807, 2.05) is 29.2 Å². The van der Waals surface area contributed by atoms with Crippen LogP contribution >= 0.6 is 0 Å². The van der Waals surface area contributed by atoms with Gasteiger partial charge in [-0.2, -0.15) is 5.26 Å². The first-order valence-corrected chi connectivity index (χ1v) is 11.2. The Morgan fingerprint density at radius 3 is 2.10 bits per heavy atom. The number of piperazine rings is 1. The van der Waals surface area contributed by atoms with E-state index >= 15 is 0 Å².